The van der Waals surface area contributed by atoms with Crippen LogP contribution in [0.2, 0.25) is 0 Å². The molecule has 1 amide bonds. The van der Waals surface area contributed by atoms with Gasteiger partial charge in [-0.15, -0.1) is 5.10 Å². The molecule has 1 aromatic heterocycles. The molecule has 134 valence electrons. The Labute approximate surface area is 147 Å². The van der Waals surface area contributed by atoms with Crippen LogP contribution >= 0.6 is 0 Å². The first-order valence-electron chi connectivity index (χ1n) is 9.02. The zero-order chi connectivity index (χ0) is 17.5. The molecule has 5 nitrogen and oxygen atoms in total. The van der Waals surface area contributed by atoms with Crippen LogP contribution in [0.3, 0.4) is 0 Å². The van der Waals surface area contributed by atoms with Crippen molar-refractivity contribution in [2.24, 2.45) is 5.92 Å². The Bertz CT molecular complexity index is 639. The molecule has 6 heteroatoms. The third kappa shape index (κ3) is 4.65. The number of carbonyl (C=O) groups excluding carboxylic acids is 1. The summed E-state index contributed by atoms with van der Waals surface area (Å²) in [6.45, 7) is 1.30. The fourth-order valence-electron chi connectivity index (χ4n) is 3.55. The van der Waals surface area contributed by atoms with Crippen LogP contribution in [0.1, 0.15) is 43.7 Å². The molecule has 0 N–H and O–H groups in total. The first kappa shape index (κ1) is 17.6. The van der Waals surface area contributed by atoms with Crippen molar-refractivity contribution in [3.8, 4) is 0 Å². The van der Waals surface area contributed by atoms with Gasteiger partial charge < -0.3 is 4.90 Å². The second kappa shape index (κ2) is 8.74. The van der Waals surface area contributed by atoms with E-state index in [9.17, 15) is 9.18 Å². The molecule has 2 heterocycles. The number of rotatable bonds is 7. The molecule has 0 saturated carbocycles. The van der Waals surface area contributed by atoms with Crippen molar-refractivity contribution < 1.29 is 9.18 Å². The number of halogens is 1. The van der Waals surface area contributed by atoms with Gasteiger partial charge in [-0.2, -0.15) is 0 Å². The van der Waals surface area contributed by atoms with Crippen LogP contribution < -0.4 is 0 Å². The third-order valence-electron chi connectivity index (χ3n) is 5.03. The van der Waals surface area contributed by atoms with Crippen LogP contribution in [0, 0.1) is 5.92 Å². The summed E-state index contributed by atoms with van der Waals surface area (Å²) >= 11 is 0. The Hall–Kier alpha value is -2.24. The lowest BCUT2D eigenvalue weighted by Crippen LogP contribution is -2.39. The number of piperidine rings is 1. The van der Waals surface area contributed by atoms with E-state index in [0.717, 1.165) is 37.9 Å². The predicted molar refractivity (Wildman–Crippen MR) is 93.7 cm³/mol. The van der Waals surface area contributed by atoms with Gasteiger partial charge >= 0.3 is 0 Å². The molecule has 3 rings (SSSR count). The third-order valence-corrected chi connectivity index (χ3v) is 5.03. The number of amides is 1. The molecule has 0 aliphatic carbocycles. The van der Waals surface area contributed by atoms with Crippen LogP contribution in [0.15, 0.2) is 42.7 Å². The number of hydrogen-bond donors (Lipinski definition) is 0. The lowest BCUT2D eigenvalue weighted by Gasteiger charge is -2.33. The molecule has 1 aliphatic heterocycles. The minimum Gasteiger partial charge on any atom is -0.343 e. The van der Waals surface area contributed by atoms with Crippen molar-refractivity contribution in [1.82, 2.24) is 19.9 Å². The number of hydrogen-bond acceptors (Lipinski definition) is 3. The normalized spacial score (nSPS) is 16.8. The molecule has 1 atom stereocenters. The number of carbonyl (C=O) groups is 1. The highest BCUT2D eigenvalue weighted by atomic mass is 19.1. The molecule has 0 radical (unpaired) electrons. The average Bonchev–Trinajstić information content (AvgIpc) is 3.20. The molecule has 0 spiro atoms. The topological polar surface area (TPSA) is 51.0 Å². The molecular formula is C19H25FN4O. The van der Waals surface area contributed by atoms with Gasteiger partial charge in [-0.25, -0.2) is 4.68 Å². The summed E-state index contributed by atoms with van der Waals surface area (Å²) in [6, 6.07) is 9.80. The summed E-state index contributed by atoms with van der Waals surface area (Å²) in [6.07, 6.45) is 7.34. The largest absolute Gasteiger partial charge is 0.343 e. The van der Waals surface area contributed by atoms with E-state index in [1.165, 1.54) is 0 Å². The summed E-state index contributed by atoms with van der Waals surface area (Å²) < 4.78 is 14.1. The number of likely N-dealkylation sites (tertiary alicyclic amines) is 1. The summed E-state index contributed by atoms with van der Waals surface area (Å²) in [5.74, 6) is 0.702. The Morgan fingerprint density at radius 1 is 1.24 bits per heavy atom. The van der Waals surface area contributed by atoms with Gasteiger partial charge in [0.1, 0.15) is 0 Å². The van der Waals surface area contributed by atoms with Crippen LogP contribution in [0.4, 0.5) is 4.39 Å². The van der Waals surface area contributed by atoms with Crippen molar-refractivity contribution >= 4 is 5.91 Å². The van der Waals surface area contributed by atoms with Crippen LogP contribution in [-0.4, -0.2) is 45.6 Å². The maximum absolute atomic E-state index is 12.8. The van der Waals surface area contributed by atoms with Gasteiger partial charge in [0.25, 0.3) is 0 Å². The van der Waals surface area contributed by atoms with Gasteiger partial charge in [0, 0.05) is 19.3 Å². The Balaban J connectivity index is 1.62. The van der Waals surface area contributed by atoms with Crippen molar-refractivity contribution in [1.29, 1.82) is 0 Å². The second-order valence-electron chi connectivity index (χ2n) is 6.67. The van der Waals surface area contributed by atoms with Crippen molar-refractivity contribution in [2.75, 3.05) is 19.8 Å². The average molecular weight is 344 g/mol. The van der Waals surface area contributed by atoms with Gasteiger partial charge in [-0.1, -0.05) is 35.5 Å². The highest BCUT2D eigenvalue weighted by Gasteiger charge is 2.26. The summed E-state index contributed by atoms with van der Waals surface area (Å²) in [5.41, 5.74) is 1.05. The van der Waals surface area contributed by atoms with Gasteiger partial charge in [-0.3, -0.25) is 9.18 Å². The van der Waals surface area contributed by atoms with Gasteiger partial charge in [0.15, 0.2) is 0 Å². The summed E-state index contributed by atoms with van der Waals surface area (Å²) in [4.78, 5) is 14.7. The lowest BCUT2D eigenvalue weighted by atomic mass is 9.92. The fraction of sp³-hybridized carbons (Fsp3) is 0.526. The van der Waals surface area contributed by atoms with E-state index in [2.05, 4.69) is 10.3 Å². The Kier molecular flexibility index (Phi) is 6.14. The molecular weight excluding hydrogens is 319 g/mol. The lowest BCUT2D eigenvalue weighted by molar-refractivity contribution is -0.133. The minimum absolute atomic E-state index is 0.138. The Morgan fingerprint density at radius 2 is 2.00 bits per heavy atom. The molecule has 0 bridgehead atoms. The maximum Gasteiger partial charge on any atom is 0.225 e. The quantitative estimate of drug-likeness (QED) is 0.775. The van der Waals surface area contributed by atoms with E-state index >= 15 is 0 Å². The zero-order valence-electron chi connectivity index (χ0n) is 14.4. The highest BCUT2D eigenvalue weighted by molar-refractivity contribution is 5.77. The van der Waals surface area contributed by atoms with Crippen molar-refractivity contribution in [2.45, 2.75) is 38.1 Å². The van der Waals surface area contributed by atoms with E-state index < -0.39 is 0 Å². The maximum atomic E-state index is 12.8. The Morgan fingerprint density at radius 3 is 2.64 bits per heavy atom. The number of nitrogens with zero attached hydrogens (tertiary/aromatic N) is 4. The van der Waals surface area contributed by atoms with Gasteiger partial charge in [0.05, 0.1) is 25.3 Å². The summed E-state index contributed by atoms with van der Waals surface area (Å²) in [7, 11) is 0. The zero-order valence-corrected chi connectivity index (χ0v) is 14.4. The molecule has 1 fully saturated rings. The first-order valence-corrected chi connectivity index (χ1v) is 9.02. The monoisotopic (exact) mass is 344 g/mol. The van der Waals surface area contributed by atoms with E-state index in [1.807, 2.05) is 35.2 Å². The first-order chi connectivity index (χ1) is 12.3. The minimum atomic E-state index is -0.240. The molecule has 2 aromatic rings. The van der Waals surface area contributed by atoms with E-state index in [4.69, 9.17) is 0 Å². The van der Waals surface area contributed by atoms with Crippen molar-refractivity contribution in [3.05, 3.63) is 48.3 Å². The number of benzene rings is 1. The molecule has 1 aliphatic rings. The summed E-state index contributed by atoms with van der Waals surface area (Å²) in [5, 5.41) is 7.98. The number of alkyl halides is 1. The predicted octanol–water partition coefficient (Wildman–Crippen LogP) is 3.25. The van der Waals surface area contributed by atoms with Crippen LogP contribution in [0.5, 0.6) is 0 Å². The van der Waals surface area contributed by atoms with Crippen molar-refractivity contribution in [3.63, 3.8) is 0 Å². The number of aromatic nitrogens is 3. The van der Waals surface area contributed by atoms with Gasteiger partial charge in [-0.05, 0) is 37.2 Å². The van der Waals surface area contributed by atoms with E-state index in [-0.39, 0.29) is 18.6 Å². The smallest absolute Gasteiger partial charge is 0.225 e. The van der Waals surface area contributed by atoms with Crippen LogP contribution in [0.25, 0.3) is 0 Å². The van der Waals surface area contributed by atoms with E-state index in [1.54, 1.807) is 17.1 Å². The molecule has 1 aromatic carbocycles. The second-order valence-corrected chi connectivity index (χ2v) is 6.67. The fourth-order valence-corrected chi connectivity index (χ4v) is 3.55. The van der Waals surface area contributed by atoms with Gasteiger partial charge in [0.2, 0.25) is 5.91 Å². The highest BCUT2D eigenvalue weighted by Crippen LogP contribution is 2.26. The molecule has 1 saturated heterocycles. The molecule has 1 unspecified atom stereocenters. The van der Waals surface area contributed by atoms with E-state index in [0.29, 0.717) is 18.8 Å². The van der Waals surface area contributed by atoms with Crippen LogP contribution in [-0.2, 0) is 4.79 Å². The molecule has 25 heavy (non-hydrogen) atoms. The SMILES string of the molecule is O=C(CC(c1ccccc1)n1ccnn1)N1CCC(CCCF)CC1. The standard InChI is InChI=1S/C19H25FN4O/c20-10-4-5-16-8-12-23(13-9-16)19(25)15-18(24-14-11-21-22-24)17-6-2-1-3-7-17/h1-3,6-7,11,14,16,18H,4-5,8-10,12-13,15H2.